The number of nitrogens with two attached hydrogens (primary N) is 1. The first-order chi connectivity index (χ1) is 13.8. The Morgan fingerprint density at radius 3 is 2.21 bits per heavy atom. The summed E-state index contributed by atoms with van der Waals surface area (Å²) in [6, 6.07) is 18.6. The Bertz CT molecular complexity index is 1400. The van der Waals surface area contributed by atoms with Crippen LogP contribution in [0.25, 0.3) is 28.0 Å². The lowest BCUT2D eigenvalue weighted by molar-refractivity contribution is 0.598. The van der Waals surface area contributed by atoms with Gasteiger partial charge in [0.25, 0.3) is 5.56 Å². The van der Waals surface area contributed by atoms with E-state index in [1.165, 1.54) is 28.8 Å². The molecule has 6 nitrogen and oxygen atoms in total. The van der Waals surface area contributed by atoms with Crippen LogP contribution < -0.4 is 10.7 Å². The van der Waals surface area contributed by atoms with Crippen LogP contribution in [0, 0.1) is 0 Å². The molecule has 4 aromatic rings. The zero-order valence-electron chi connectivity index (χ0n) is 14.7. The van der Waals surface area contributed by atoms with Crippen molar-refractivity contribution >= 4 is 52.8 Å². The minimum atomic E-state index is -3.84. The molecule has 0 aliphatic heterocycles. The monoisotopic (exact) mass is 533 g/mol. The number of primary sulfonamides is 1. The highest BCUT2D eigenvalue weighted by molar-refractivity contribution is 9.11. The Morgan fingerprint density at radius 1 is 0.931 bits per heavy atom. The first kappa shape index (κ1) is 20.0. The van der Waals surface area contributed by atoms with Crippen molar-refractivity contribution in [3.63, 3.8) is 0 Å². The molecule has 146 valence electrons. The van der Waals surface area contributed by atoms with Crippen LogP contribution in [0.5, 0.6) is 0 Å². The topological polar surface area (TPSA) is 95.1 Å². The Labute approximate surface area is 183 Å². The van der Waals surface area contributed by atoms with E-state index in [4.69, 9.17) is 10.1 Å². The Morgan fingerprint density at radius 2 is 1.59 bits per heavy atom. The molecule has 9 heteroatoms. The molecule has 0 radical (unpaired) electrons. The molecule has 1 heterocycles. The van der Waals surface area contributed by atoms with Crippen molar-refractivity contribution in [1.82, 2.24) is 9.55 Å². The largest absolute Gasteiger partial charge is 0.268 e. The highest BCUT2D eigenvalue weighted by atomic mass is 79.9. The van der Waals surface area contributed by atoms with Gasteiger partial charge in [0.15, 0.2) is 0 Å². The molecule has 0 saturated carbocycles. The van der Waals surface area contributed by atoms with Crippen molar-refractivity contribution in [2.45, 2.75) is 4.90 Å². The lowest BCUT2D eigenvalue weighted by Crippen LogP contribution is -2.22. The first-order valence-electron chi connectivity index (χ1n) is 8.36. The lowest BCUT2D eigenvalue weighted by Gasteiger charge is -2.15. The van der Waals surface area contributed by atoms with E-state index in [0.29, 0.717) is 26.9 Å². The van der Waals surface area contributed by atoms with Crippen molar-refractivity contribution in [3.8, 4) is 17.1 Å². The maximum Gasteiger partial charge on any atom is 0.266 e. The highest BCUT2D eigenvalue weighted by Gasteiger charge is 2.17. The highest BCUT2D eigenvalue weighted by Crippen LogP contribution is 2.29. The average Bonchev–Trinajstić information content (AvgIpc) is 2.68. The van der Waals surface area contributed by atoms with Gasteiger partial charge in [-0.1, -0.05) is 46.3 Å². The van der Waals surface area contributed by atoms with Gasteiger partial charge in [-0.25, -0.2) is 18.5 Å². The second-order valence-corrected chi connectivity index (χ2v) is 9.60. The van der Waals surface area contributed by atoms with E-state index in [1.807, 2.05) is 36.4 Å². The van der Waals surface area contributed by atoms with Gasteiger partial charge in [-0.05, 0) is 52.3 Å². The van der Waals surface area contributed by atoms with Crippen molar-refractivity contribution in [1.29, 1.82) is 0 Å². The lowest BCUT2D eigenvalue weighted by atomic mass is 10.1. The summed E-state index contributed by atoms with van der Waals surface area (Å²) in [5.74, 6) is 0.439. The van der Waals surface area contributed by atoms with E-state index in [0.717, 1.165) is 10.0 Å². The summed E-state index contributed by atoms with van der Waals surface area (Å²) in [4.78, 5) is 18.2. The van der Waals surface area contributed by atoms with Crippen LogP contribution in [-0.2, 0) is 10.0 Å². The van der Waals surface area contributed by atoms with Gasteiger partial charge >= 0.3 is 0 Å². The van der Waals surface area contributed by atoms with Gasteiger partial charge < -0.3 is 0 Å². The standard InChI is InChI=1S/C20H13Br2N3O3S/c21-13-10-16-18(17(22)11-13)24-19(12-4-2-1-3-5-12)25(20(16)26)14-6-8-15(9-7-14)29(23,27)28/h1-11H,(H2,23,27,28). The fraction of sp³-hybridized carbons (Fsp3) is 0. The molecule has 0 bridgehead atoms. The quantitative estimate of drug-likeness (QED) is 0.425. The predicted molar refractivity (Wildman–Crippen MR) is 120 cm³/mol. The number of nitrogens with zero attached hydrogens (tertiary/aromatic N) is 2. The van der Waals surface area contributed by atoms with Crippen LogP contribution in [0.3, 0.4) is 0 Å². The van der Waals surface area contributed by atoms with Crippen LogP contribution in [0.2, 0.25) is 0 Å². The van der Waals surface area contributed by atoms with Crippen molar-refractivity contribution in [2.24, 2.45) is 5.14 Å². The van der Waals surface area contributed by atoms with E-state index >= 15 is 0 Å². The molecule has 29 heavy (non-hydrogen) atoms. The minimum Gasteiger partial charge on any atom is -0.268 e. The summed E-state index contributed by atoms with van der Waals surface area (Å²) in [6.07, 6.45) is 0. The second kappa shape index (κ2) is 7.49. The van der Waals surface area contributed by atoms with Gasteiger partial charge in [0, 0.05) is 14.5 Å². The van der Waals surface area contributed by atoms with E-state index in [9.17, 15) is 13.2 Å². The Hall–Kier alpha value is -2.33. The van der Waals surface area contributed by atoms with Gasteiger partial charge in [0.2, 0.25) is 10.0 Å². The fourth-order valence-corrected chi connectivity index (χ4v) is 4.85. The number of rotatable bonds is 3. The smallest absolute Gasteiger partial charge is 0.266 e. The molecule has 0 fully saturated rings. The molecule has 0 amide bonds. The number of fused-ring (bicyclic) bond motifs is 1. The summed E-state index contributed by atoms with van der Waals surface area (Å²) in [5.41, 5.74) is 1.48. The van der Waals surface area contributed by atoms with E-state index in [-0.39, 0.29) is 10.5 Å². The maximum atomic E-state index is 13.4. The minimum absolute atomic E-state index is 0.0326. The van der Waals surface area contributed by atoms with E-state index in [2.05, 4.69) is 31.9 Å². The summed E-state index contributed by atoms with van der Waals surface area (Å²) in [5, 5.41) is 5.60. The fourth-order valence-electron chi connectivity index (χ4n) is 3.02. The molecule has 0 aliphatic rings. The second-order valence-electron chi connectivity index (χ2n) is 6.26. The third kappa shape index (κ3) is 3.78. The van der Waals surface area contributed by atoms with Crippen molar-refractivity contribution in [2.75, 3.05) is 0 Å². The van der Waals surface area contributed by atoms with E-state index < -0.39 is 10.0 Å². The van der Waals surface area contributed by atoms with Gasteiger partial charge in [0.05, 0.1) is 21.5 Å². The van der Waals surface area contributed by atoms with Gasteiger partial charge in [0.1, 0.15) is 5.82 Å². The average molecular weight is 535 g/mol. The molecule has 0 unspecified atom stereocenters. The molecule has 3 aromatic carbocycles. The number of halogens is 2. The molecule has 2 N–H and O–H groups in total. The van der Waals surface area contributed by atoms with Gasteiger partial charge in [-0.2, -0.15) is 0 Å². The van der Waals surface area contributed by atoms with Crippen LogP contribution in [0.15, 0.2) is 85.4 Å². The summed E-state index contributed by atoms with van der Waals surface area (Å²) >= 11 is 6.89. The number of benzene rings is 3. The van der Waals surface area contributed by atoms with Gasteiger partial charge in [-0.15, -0.1) is 0 Å². The molecule has 4 rings (SSSR count). The van der Waals surface area contributed by atoms with Crippen LogP contribution in [0.1, 0.15) is 0 Å². The normalized spacial score (nSPS) is 11.7. The number of hydrogen-bond acceptors (Lipinski definition) is 4. The number of hydrogen-bond donors (Lipinski definition) is 1. The Kier molecular flexibility index (Phi) is 5.16. The zero-order valence-corrected chi connectivity index (χ0v) is 18.7. The molecular weight excluding hydrogens is 522 g/mol. The van der Waals surface area contributed by atoms with E-state index in [1.54, 1.807) is 6.07 Å². The Balaban J connectivity index is 2.09. The van der Waals surface area contributed by atoms with Crippen LogP contribution in [0.4, 0.5) is 0 Å². The third-order valence-electron chi connectivity index (χ3n) is 4.35. The van der Waals surface area contributed by atoms with Gasteiger partial charge in [-0.3, -0.25) is 9.36 Å². The first-order valence-corrected chi connectivity index (χ1v) is 11.5. The number of sulfonamides is 1. The third-order valence-corrected chi connectivity index (χ3v) is 6.34. The van der Waals surface area contributed by atoms with Crippen LogP contribution in [-0.4, -0.2) is 18.0 Å². The van der Waals surface area contributed by atoms with Crippen molar-refractivity contribution in [3.05, 3.63) is 86.0 Å². The maximum absolute atomic E-state index is 13.4. The number of aromatic nitrogens is 2. The summed E-state index contributed by atoms with van der Waals surface area (Å²) < 4.78 is 26.0. The molecule has 1 aromatic heterocycles. The predicted octanol–water partition coefficient (Wildman–Crippen LogP) is 4.23. The summed E-state index contributed by atoms with van der Waals surface area (Å²) in [6.45, 7) is 0. The van der Waals surface area contributed by atoms with Crippen molar-refractivity contribution < 1.29 is 8.42 Å². The molecule has 0 saturated heterocycles. The van der Waals surface area contributed by atoms with Crippen LogP contribution >= 0.6 is 31.9 Å². The SMILES string of the molecule is NS(=O)(=O)c1ccc(-n2c(-c3ccccc3)nc3c(Br)cc(Br)cc3c2=O)cc1. The molecule has 0 spiro atoms. The summed E-state index contributed by atoms with van der Waals surface area (Å²) in [7, 11) is -3.84. The molecule has 0 aliphatic carbocycles. The molecular formula is C20H13Br2N3O3S. The molecule has 0 atom stereocenters. The zero-order chi connectivity index (χ0) is 20.8.